The van der Waals surface area contributed by atoms with Gasteiger partial charge in [-0.15, -0.1) is 0 Å². The van der Waals surface area contributed by atoms with Gasteiger partial charge >= 0.3 is 0 Å². The molecule has 0 aliphatic heterocycles. The Morgan fingerprint density at radius 3 is 2.12 bits per heavy atom. The van der Waals surface area contributed by atoms with Crippen LogP contribution in [0.5, 0.6) is 0 Å². The fourth-order valence-electron chi connectivity index (χ4n) is 7.57. The van der Waals surface area contributed by atoms with E-state index in [1.54, 1.807) is 0 Å². The molecule has 2 heteroatoms. The van der Waals surface area contributed by atoms with Crippen LogP contribution in [0.25, 0.3) is 49.4 Å². The van der Waals surface area contributed by atoms with Crippen molar-refractivity contribution in [2.24, 2.45) is 5.92 Å². The van der Waals surface area contributed by atoms with E-state index in [0.29, 0.717) is 5.92 Å². The first-order valence-electron chi connectivity index (χ1n) is 17.0. The molecular weight excluding hydrogens is 581 g/mol. The van der Waals surface area contributed by atoms with Crippen molar-refractivity contribution >= 4 is 44.0 Å². The van der Waals surface area contributed by atoms with Crippen LogP contribution in [0.3, 0.4) is 0 Å². The molecule has 9 rings (SSSR count). The largest absolute Gasteiger partial charge is 0.310 e. The second-order valence-corrected chi connectivity index (χ2v) is 12.8. The smallest absolute Gasteiger partial charge is 0.0561 e. The van der Waals surface area contributed by atoms with Gasteiger partial charge in [0.25, 0.3) is 0 Å². The van der Waals surface area contributed by atoms with E-state index in [4.69, 9.17) is 0 Å². The molecule has 0 amide bonds. The summed E-state index contributed by atoms with van der Waals surface area (Å²) < 4.78 is 2.42. The molecule has 1 aromatic heterocycles. The lowest BCUT2D eigenvalue weighted by Gasteiger charge is -2.30. The summed E-state index contributed by atoms with van der Waals surface area (Å²) in [6.07, 6.45) is 17.5. The number of hydrogen-bond donors (Lipinski definition) is 0. The predicted molar refractivity (Wildman–Crippen MR) is 204 cm³/mol. The van der Waals surface area contributed by atoms with Crippen LogP contribution in [0.15, 0.2) is 187 Å². The number of rotatable bonds is 6. The minimum Gasteiger partial charge on any atom is -0.310 e. The second-order valence-electron chi connectivity index (χ2n) is 12.8. The third-order valence-corrected chi connectivity index (χ3v) is 9.95. The first-order valence-corrected chi connectivity index (χ1v) is 17.0. The van der Waals surface area contributed by atoms with Gasteiger partial charge in [-0.1, -0.05) is 134 Å². The molecule has 0 N–H and O–H groups in total. The third-order valence-electron chi connectivity index (χ3n) is 9.95. The Morgan fingerprint density at radius 1 is 0.562 bits per heavy atom. The van der Waals surface area contributed by atoms with Crippen molar-refractivity contribution in [2.45, 2.75) is 19.3 Å². The zero-order chi connectivity index (χ0) is 31.9. The quantitative estimate of drug-likeness (QED) is 0.180. The zero-order valence-corrected chi connectivity index (χ0v) is 26.8. The van der Waals surface area contributed by atoms with E-state index >= 15 is 0 Å². The standard InChI is InChI=1S/C46H36N2/c1-3-12-33(13-4-1)35-22-26-38(27-23-35)47(44-21-11-17-37-16-7-8-18-41(37)44)40-30-31-43-42-19-9-10-20-45(42)48(46(43)32-40)39-28-24-36(25-29-39)34-14-5-2-6-15-34/h2-3,5-22,24-32,35H,1,4,23H2. The number of hydrogen-bond acceptors (Lipinski definition) is 1. The second kappa shape index (κ2) is 12.1. The van der Waals surface area contributed by atoms with Crippen molar-refractivity contribution in [3.8, 4) is 16.8 Å². The van der Waals surface area contributed by atoms with Gasteiger partial charge in [-0.05, 0) is 83.8 Å². The highest BCUT2D eigenvalue weighted by Crippen LogP contribution is 2.41. The Hall–Kier alpha value is -5.86. The Morgan fingerprint density at radius 2 is 1.31 bits per heavy atom. The van der Waals surface area contributed by atoms with Crippen molar-refractivity contribution in [1.29, 1.82) is 0 Å². The third kappa shape index (κ3) is 4.98. The van der Waals surface area contributed by atoms with Crippen molar-refractivity contribution in [1.82, 2.24) is 4.57 Å². The van der Waals surface area contributed by atoms with E-state index in [1.807, 2.05) is 0 Å². The maximum absolute atomic E-state index is 2.46. The van der Waals surface area contributed by atoms with Gasteiger partial charge in [-0.3, -0.25) is 0 Å². The number of benzene rings is 6. The Balaban J connectivity index is 1.21. The van der Waals surface area contributed by atoms with E-state index < -0.39 is 0 Å². The lowest BCUT2D eigenvalue weighted by molar-refractivity contribution is 0.762. The molecule has 1 atom stereocenters. The SMILES string of the molecule is C1=CC(C2C=CC(N(c3ccc4c5ccccc5n(-c5ccc(-c6ccccc6)cc5)c4c3)c3cccc4ccccc34)=CC2)=CCC1. The summed E-state index contributed by atoms with van der Waals surface area (Å²) in [5, 5.41) is 5.00. The molecule has 0 bridgehead atoms. The number of fused-ring (bicyclic) bond motifs is 4. The summed E-state index contributed by atoms with van der Waals surface area (Å²) >= 11 is 0. The molecule has 0 spiro atoms. The van der Waals surface area contributed by atoms with Crippen LogP contribution >= 0.6 is 0 Å². The number of aromatic nitrogens is 1. The van der Waals surface area contributed by atoms with Crippen LogP contribution in [0, 0.1) is 5.92 Å². The number of anilines is 2. The minimum absolute atomic E-state index is 0.420. The molecule has 2 aliphatic carbocycles. The van der Waals surface area contributed by atoms with E-state index in [2.05, 4.69) is 185 Å². The summed E-state index contributed by atoms with van der Waals surface area (Å²) in [5.74, 6) is 0.420. The molecule has 1 heterocycles. The number of nitrogens with zero attached hydrogens (tertiary/aromatic N) is 2. The van der Waals surface area contributed by atoms with Gasteiger partial charge in [0.15, 0.2) is 0 Å². The zero-order valence-electron chi connectivity index (χ0n) is 26.8. The summed E-state index contributed by atoms with van der Waals surface area (Å²) in [6, 6.07) is 50.7. The molecule has 2 nitrogen and oxygen atoms in total. The summed E-state index contributed by atoms with van der Waals surface area (Å²) in [5.41, 5.74) is 11.0. The van der Waals surface area contributed by atoms with Crippen LogP contribution in [0.1, 0.15) is 19.3 Å². The lowest BCUT2D eigenvalue weighted by atomic mass is 9.88. The fraction of sp³-hybridized carbons (Fsp3) is 0.0870. The van der Waals surface area contributed by atoms with E-state index in [9.17, 15) is 0 Å². The summed E-state index contributed by atoms with van der Waals surface area (Å²) in [7, 11) is 0. The molecule has 0 saturated carbocycles. The molecule has 0 saturated heterocycles. The Bertz CT molecular complexity index is 2410. The van der Waals surface area contributed by atoms with Gasteiger partial charge < -0.3 is 9.47 Å². The molecule has 7 aromatic rings. The highest BCUT2D eigenvalue weighted by molar-refractivity contribution is 6.10. The van der Waals surface area contributed by atoms with Gasteiger partial charge in [0.1, 0.15) is 0 Å². The van der Waals surface area contributed by atoms with E-state index in [0.717, 1.165) is 30.6 Å². The topological polar surface area (TPSA) is 8.17 Å². The highest BCUT2D eigenvalue weighted by Gasteiger charge is 2.22. The van der Waals surface area contributed by atoms with Crippen LogP contribution in [-0.2, 0) is 0 Å². The van der Waals surface area contributed by atoms with Gasteiger partial charge in [0, 0.05) is 39.1 Å². The van der Waals surface area contributed by atoms with E-state index in [1.165, 1.54) is 60.7 Å². The molecule has 1 unspecified atom stereocenters. The maximum Gasteiger partial charge on any atom is 0.0561 e. The number of para-hydroxylation sites is 1. The molecular formula is C46H36N2. The Labute approximate surface area is 281 Å². The van der Waals surface area contributed by atoms with Gasteiger partial charge in [0.2, 0.25) is 0 Å². The highest BCUT2D eigenvalue weighted by atomic mass is 15.2. The van der Waals surface area contributed by atoms with Crippen LogP contribution in [0.2, 0.25) is 0 Å². The van der Waals surface area contributed by atoms with Crippen molar-refractivity contribution < 1.29 is 0 Å². The predicted octanol–water partition coefficient (Wildman–Crippen LogP) is 12.5. The normalized spacial score (nSPS) is 16.0. The van der Waals surface area contributed by atoms with Crippen molar-refractivity contribution in [3.63, 3.8) is 0 Å². The Kier molecular flexibility index (Phi) is 7.13. The number of allylic oxidation sites excluding steroid dienone is 7. The molecule has 0 fully saturated rings. The molecule has 2 aliphatic rings. The molecule has 6 aromatic carbocycles. The first-order chi connectivity index (χ1) is 23.8. The molecule has 0 radical (unpaired) electrons. The first kappa shape index (κ1) is 28.4. The average Bonchev–Trinajstić information content (AvgIpc) is 3.50. The minimum atomic E-state index is 0.420. The van der Waals surface area contributed by atoms with Gasteiger partial charge in [-0.25, -0.2) is 0 Å². The summed E-state index contributed by atoms with van der Waals surface area (Å²) in [6.45, 7) is 0. The average molecular weight is 617 g/mol. The van der Waals surface area contributed by atoms with Crippen molar-refractivity contribution in [3.05, 3.63) is 187 Å². The van der Waals surface area contributed by atoms with Crippen LogP contribution < -0.4 is 4.90 Å². The van der Waals surface area contributed by atoms with Gasteiger partial charge in [0.05, 0.1) is 16.7 Å². The monoisotopic (exact) mass is 616 g/mol. The molecule has 48 heavy (non-hydrogen) atoms. The van der Waals surface area contributed by atoms with Crippen LogP contribution in [-0.4, -0.2) is 4.57 Å². The lowest BCUT2D eigenvalue weighted by Crippen LogP contribution is -2.18. The summed E-state index contributed by atoms with van der Waals surface area (Å²) in [4.78, 5) is 2.46. The maximum atomic E-state index is 2.46. The molecule has 230 valence electrons. The fourth-order valence-corrected chi connectivity index (χ4v) is 7.57. The van der Waals surface area contributed by atoms with Crippen molar-refractivity contribution in [2.75, 3.05) is 4.90 Å². The van der Waals surface area contributed by atoms with Gasteiger partial charge in [-0.2, -0.15) is 0 Å². The van der Waals surface area contributed by atoms with Crippen LogP contribution in [0.4, 0.5) is 11.4 Å². The van der Waals surface area contributed by atoms with E-state index in [-0.39, 0.29) is 0 Å².